The van der Waals surface area contributed by atoms with Gasteiger partial charge in [-0.3, -0.25) is 13.9 Å². The molecule has 1 unspecified atom stereocenters. The molecule has 6 rings (SSSR count). The molecule has 5 aromatic rings. The van der Waals surface area contributed by atoms with E-state index in [1.807, 2.05) is 97.1 Å². The molecule has 0 N–H and O–H groups in total. The van der Waals surface area contributed by atoms with Crippen molar-refractivity contribution in [2.45, 2.75) is 90.2 Å². The van der Waals surface area contributed by atoms with E-state index in [-0.39, 0.29) is 45.9 Å². The Hall–Kier alpha value is -4.27. The minimum Gasteiger partial charge on any atom is -0.399 e. The van der Waals surface area contributed by atoms with E-state index in [1.165, 1.54) is 10.8 Å². The van der Waals surface area contributed by atoms with Crippen LogP contribution in [0, 0.1) is 6.92 Å². The summed E-state index contributed by atoms with van der Waals surface area (Å²) in [6, 6.07) is 39.7. The van der Waals surface area contributed by atoms with Gasteiger partial charge < -0.3 is 32.6 Å². The van der Waals surface area contributed by atoms with Gasteiger partial charge in [0.15, 0.2) is 6.23 Å². The van der Waals surface area contributed by atoms with Crippen LogP contribution < -0.4 is 21.6 Å². The molecular formula is C48H61N2O10PSi. The van der Waals surface area contributed by atoms with Gasteiger partial charge in [0.05, 0.1) is 45.3 Å². The summed E-state index contributed by atoms with van der Waals surface area (Å²) in [7, 11) is -5.10. The van der Waals surface area contributed by atoms with Crippen LogP contribution in [0.4, 0.5) is 0 Å². The highest BCUT2D eigenvalue weighted by Crippen LogP contribution is 2.48. The Balaban J connectivity index is 1.55. The first-order chi connectivity index (χ1) is 29.8. The normalized spacial score (nSPS) is 19.6. The number of ether oxygens (including phenoxy) is 5. The van der Waals surface area contributed by atoms with Gasteiger partial charge in [-0.2, -0.15) is 0 Å². The zero-order valence-corrected chi connectivity index (χ0v) is 38.8. The maximum atomic E-state index is 14.7. The minimum absolute atomic E-state index is 0.0167. The van der Waals surface area contributed by atoms with Crippen molar-refractivity contribution in [1.29, 1.82) is 0 Å². The van der Waals surface area contributed by atoms with Crippen molar-refractivity contribution in [2.75, 3.05) is 39.8 Å². The van der Waals surface area contributed by atoms with Crippen LogP contribution in [-0.4, -0.2) is 81.6 Å². The molecule has 2 heterocycles. The maximum Gasteiger partial charge on any atom is 0.335 e. The summed E-state index contributed by atoms with van der Waals surface area (Å²) < 4.78 is 62.7. The molecular weight excluding hydrogens is 824 g/mol. The van der Waals surface area contributed by atoms with Gasteiger partial charge >= 0.3 is 5.69 Å². The number of rotatable bonds is 21. The van der Waals surface area contributed by atoms with E-state index in [9.17, 15) is 14.2 Å². The highest BCUT2D eigenvalue weighted by atomic mass is 31.2. The molecule has 12 nitrogen and oxygen atoms in total. The fourth-order valence-electron chi connectivity index (χ4n) is 8.23. The molecule has 1 aliphatic rings. The Kier molecular flexibility index (Phi) is 16.3. The third kappa shape index (κ3) is 11.1. The lowest BCUT2D eigenvalue weighted by atomic mass is 10.1. The fourth-order valence-corrected chi connectivity index (χ4v) is 14.5. The number of methoxy groups -OCH3 is 1. The zero-order valence-electron chi connectivity index (χ0n) is 36.9. The number of benzene rings is 4. The van der Waals surface area contributed by atoms with Crippen LogP contribution in [0.3, 0.4) is 0 Å². The number of aromatic nitrogens is 2. The molecule has 0 saturated carbocycles. The third-order valence-corrected chi connectivity index (χ3v) is 18.0. The highest BCUT2D eigenvalue weighted by Gasteiger charge is 2.59. The van der Waals surface area contributed by atoms with Gasteiger partial charge in [0.2, 0.25) is 7.37 Å². The van der Waals surface area contributed by atoms with E-state index < -0.39 is 62.6 Å². The molecule has 0 radical (unpaired) electrons. The van der Waals surface area contributed by atoms with Gasteiger partial charge in [0.1, 0.15) is 25.0 Å². The average Bonchev–Trinajstić information content (AvgIpc) is 3.61. The number of aryl methyl sites for hydroxylation is 1. The smallest absolute Gasteiger partial charge is 0.335 e. The topological polar surface area (TPSA) is 126 Å². The third-order valence-electron chi connectivity index (χ3n) is 11.1. The summed E-state index contributed by atoms with van der Waals surface area (Å²) in [5.41, 5.74) is 0.958. The van der Waals surface area contributed by atoms with E-state index in [4.69, 9.17) is 32.6 Å². The summed E-state index contributed by atoms with van der Waals surface area (Å²) >= 11 is 0. The van der Waals surface area contributed by atoms with Gasteiger partial charge in [0, 0.05) is 25.5 Å². The average molecular weight is 885 g/mol. The minimum atomic E-state index is -3.39. The van der Waals surface area contributed by atoms with Crippen molar-refractivity contribution in [2.24, 2.45) is 0 Å². The molecule has 62 heavy (non-hydrogen) atoms. The largest absolute Gasteiger partial charge is 0.399 e. The number of hydrogen-bond acceptors (Lipinski definition) is 10. The monoisotopic (exact) mass is 884 g/mol. The molecule has 0 spiro atoms. The van der Waals surface area contributed by atoms with Gasteiger partial charge in [-0.1, -0.05) is 142 Å². The summed E-state index contributed by atoms with van der Waals surface area (Å²) in [5, 5.41) is 1.56. The predicted octanol–water partition coefficient (Wildman–Crippen LogP) is 6.90. The molecule has 0 aliphatic carbocycles. The first-order valence-electron chi connectivity index (χ1n) is 21.2. The second-order valence-electron chi connectivity index (χ2n) is 16.7. The van der Waals surface area contributed by atoms with Gasteiger partial charge in [-0.25, -0.2) is 9.36 Å². The Morgan fingerprint density at radius 1 is 0.790 bits per heavy atom. The second-order valence-corrected chi connectivity index (χ2v) is 23.6. The van der Waals surface area contributed by atoms with Gasteiger partial charge in [-0.05, 0) is 40.4 Å². The summed E-state index contributed by atoms with van der Waals surface area (Å²) in [4.78, 5) is 28.4. The van der Waals surface area contributed by atoms with Gasteiger partial charge in [-0.15, -0.1) is 0 Å². The highest BCUT2D eigenvalue weighted by molar-refractivity contribution is 7.58. The van der Waals surface area contributed by atoms with Crippen molar-refractivity contribution in [3.8, 4) is 0 Å². The van der Waals surface area contributed by atoms with Crippen molar-refractivity contribution in [1.82, 2.24) is 9.13 Å². The first-order valence-corrected chi connectivity index (χ1v) is 25.3. The lowest BCUT2D eigenvalue weighted by Gasteiger charge is -2.46. The van der Waals surface area contributed by atoms with E-state index >= 15 is 0 Å². The Morgan fingerprint density at radius 3 is 1.87 bits per heavy atom. The zero-order chi connectivity index (χ0) is 44.3. The van der Waals surface area contributed by atoms with Gasteiger partial charge in [0.25, 0.3) is 13.9 Å². The number of hydrogen-bond donors (Lipinski definition) is 0. The van der Waals surface area contributed by atoms with Crippen molar-refractivity contribution >= 4 is 26.1 Å². The maximum absolute atomic E-state index is 14.7. The second kappa shape index (κ2) is 21.4. The molecule has 14 heteroatoms. The van der Waals surface area contributed by atoms with E-state index in [1.54, 1.807) is 27.6 Å². The van der Waals surface area contributed by atoms with Crippen LogP contribution >= 0.6 is 7.37 Å². The quantitative estimate of drug-likeness (QED) is 0.0437. The molecule has 1 saturated heterocycles. The SMILES string of the molecule is CCOP(C)(=O)C[C@@H](OCc1ccccc1)[C@H]1O[C@@H](n2cc(C)c(=O)n(COCc3ccccc3)c2=O)[C@H](OCCOC)[C@@H]1O[Si](c1ccccc1)(c1ccccc1)C(C)(C)C. The van der Waals surface area contributed by atoms with Crippen LogP contribution in [0.5, 0.6) is 0 Å². The molecule has 1 fully saturated rings. The standard InChI is InChI=1S/C48H61N2O10PSi/c1-8-58-61(7,53)34-41(57-33-38-23-15-10-16-24-38)42-43(60-62(48(3,4)5,39-25-17-11-18-26-39)40-27-19-12-20-28-40)44(56-30-29-54-6)46(59-42)49-31-36(2)45(51)50(47(49)52)35-55-32-37-21-13-9-14-22-37/h9-28,31,41-44,46H,8,29-30,32-35H2,1-7H3/t41-,42-,43-,44-,46-,61?/m1/s1. The van der Waals surface area contributed by atoms with E-state index in [0.717, 1.165) is 26.1 Å². The molecule has 1 aromatic heterocycles. The lowest BCUT2D eigenvalue weighted by Crippen LogP contribution is -2.69. The van der Waals surface area contributed by atoms with Crippen molar-refractivity contribution in [3.63, 3.8) is 0 Å². The van der Waals surface area contributed by atoms with Crippen LogP contribution in [0.2, 0.25) is 5.04 Å². The summed E-state index contributed by atoms with van der Waals surface area (Å²) in [6.45, 7) is 12.3. The molecule has 332 valence electrons. The Morgan fingerprint density at radius 2 is 1.34 bits per heavy atom. The summed E-state index contributed by atoms with van der Waals surface area (Å²) in [6.07, 6.45) is -3.38. The number of nitrogens with zero attached hydrogens (tertiary/aromatic N) is 2. The summed E-state index contributed by atoms with van der Waals surface area (Å²) in [5.74, 6) is 0. The van der Waals surface area contributed by atoms with Crippen LogP contribution in [0.15, 0.2) is 137 Å². The molecule has 1 aliphatic heterocycles. The van der Waals surface area contributed by atoms with Crippen molar-refractivity contribution in [3.05, 3.63) is 165 Å². The van der Waals surface area contributed by atoms with Crippen LogP contribution in [0.1, 0.15) is 50.6 Å². The Labute approximate surface area is 366 Å². The molecule has 4 aromatic carbocycles. The first kappa shape index (κ1) is 47.2. The fraction of sp³-hybridized carbons (Fsp3) is 0.417. The lowest BCUT2D eigenvalue weighted by molar-refractivity contribution is -0.108. The van der Waals surface area contributed by atoms with E-state index in [0.29, 0.717) is 5.56 Å². The molecule has 0 bridgehead atoms. The van der Waals surface area contributed by atoms with E-state index in [2.05, 4.69) is 45.0 Å². The predicted molar refractivity (Wildman–Crippen MR) is 244 cm³/mol. The van der Waals surface area contributed by atoms with Crippen LogP contribution in [0.25, 0.3) is 0 Å². The Bertz CT molecular complexity index is 2280. The van der Waals surface area contributed by atoms with Crippen molar-refractivity contribution < 1.29 is 37.2 Å². The molecule has 6 atom stereocenters. The molecule has 0 amide bonds. The van der Waals surface area contributed by atoms with Crippen LogP contribution in [-0.2, 0) is 57.1 Å².